The molecule has 0 aromatic carbocycles. The molecule has 0 fully saturated rings. The summed E-state index contributed by atoms with van der Waals surface area (Å²) in [6.07, 6.45) is 0.837. The van der Waals surface area contributed by atoms with Gasteiger partial charge in [0.2, 0.25) is 0 Å². The summed E-state index contributed by atoms with van der Waals surface area (Å²) in [5.41, 5.74) is 0. The second kappa shape index (κ2) is 3.52. The Morgan fingerprint density at radius 1 is 2.00 bits per heavy atom. The van der Waals surface area contributed by atoms with E-state index in [2.05, 4.69) is 5.18 Å². The van der Waals surface area contributed by atoms with Crippen molar-refractivity contribution >= 4 is 22.6 Å². The lowest BCUT2D eigenvalue weighted by molar-refractivity contribution is 0.894. The number of alkyl halides is 1. The van der Waals surface area contributed by atoms with Crippen LogP contribution >= 0.6 is 22.6 Å². The first-order valence-corrected chi connectivity index (χ1v) is 3.02. The summed E-state index contributed by atoms with van der Waals surface area (Å²) in [7, 11) is 0. The van der Waals surface area contributed by atoms with Gasteiger partial charge >= 0.3 is 0 Å². The fourth-order valence-corrected chi connectivity index (χ4v) is 0.0745. The lowest BCUT2D eigenvalue weighted by atomic mass is 10.5. The lowest BCUT2D eigenvalue weighted by Gasteiger charge is -1.86. The van der Waals surface area contributed by atoms with E-state index in [9.17, 15) is 4.91 Å². The highest BCUT2D eigenvalue weighted by Gasteiger charge is 1.92. The van der Waals surface area contributed by atoms with Crippen molar-refractivity contribution in [3.05, 3.63) is 4.91 Å². The van der Waals surface area contributed by atoms with Crippen LogP contribution in [-0.4, -0.2) is 4.05 Å². The van der Waals surface area contributed by atoms with E-state index in [0.717, 1.165) is 6.42 Å². The highest BCUT2D eigenvalue weighted by molar-refractivity contribution is 14.1. The maximum atomic E-state index is 9.48. The molecule has 1 atom stereocenters. The Labute approximate surface area is 50.4 Å². The third-order valence-electron chi connectivity index (χ3n) is 0.451. The van der Waals surface area contributed by atoms with Gasteiger partial charge in [0.1, 0.15) is 4.05 Å². The van der Waals surface area contributed by atoms with Crippen molar-refractivity contribution in [1.82, 2.24) is 0 Å². The molecule has 2 nitrogen and oxygen atoms in total. The fourth-order valence-electron chi connectivity index (χ4n) is 0.0745. The van der Waals surface area contributed by atoms with Gasteiger partial charge in [-0.15, -0.1) is 4.91 Å². The van der Waals surface area contributed by atoms with Crippen molar-refractivity contribution in [2.75, 3.05) is 0 Å². The van der Waals surface area contributed by atoms with Crippen LogP contribution in [-0.2, 0) is 0 Å². The lowest BCUT2D eigenvalue weighted by Crippen LogP contribution is -1.83. The van der Waals surface area contributed by atoms with E-state index in [0.29, 0.717) is 0 Å². The Kier molecular flexibility index (Phi) is 3.71. The van der Waals surface area contributed by atoms with Crippen LogP contribution in [0.15, 0.2) is 5.18 Å². The molecule has 36 valence electrons. The van der Waals surface area contributed by atoms with Crippen molar-refractivity contribution in [2.45, 2.75) is 17.4 Å². The molecular weight excluding hydrogens is 193 g/mol. The van der Waals surface area contributed by atoms with Crippen LogP contribution in [0.5, 0.6) is 0 Å². The van der Waals surface area contributed by atoms with Crippen LogP contribution in [0, 0.1) is 4.91 Å². The minimum Gasteiger partial charge on any atom is -0.150 e. The van der Waals surface area contributed by atoms with Gasteiger partial charge in [0.25, 0.3) is 0 Å². The van der Waals surface area contributed by atoms with Crippen molar-refractivity contribution in [3.8, 4) is 0 Å². The maximum absolute atomic E-state index is 9.48. The average Bonchev–Trinajstić information content (AvgIpc) is 1.65. The monoisotopic (exact) mass is 199 g/mol. The zero-order valence-electron chi connectivity index (χ0n) is 3.52. The molecule has 0 heterocycles. The van der Waals surface area contributed by atoms with Crippen LogP contribution in [0.2, 0.25) is 0 Å². The summed E-state index contributed by atoms with van der Waals surface area (Å²) in [6.45, 7) is 1.93. The molecule has 0 N–H and O–H groups in total. The Morgan fingerprint density at radius 3 is 2.50 bits per heavy atom. The summed E-state index contributed by atoms with van der Waals surface area (Å²) >= 11 is 1.99. The molecule has 6 heavy (non-hydrogen) atoms. The third-order valence-corrected chi connectivity index (χ3v) is 1.56. The van der Waals surface area contributed by atoms with Gasteiger partial charge in [0.05, 0.1) is 0 Å². The Hall–Kier alpha value is 0.330. The van der Waals surface area contributed by atoms with Crippen molar-refractivity contribution in [1.29, 1.82) is 0 Å². The fraction of sp³-hybridized carbons (Fsp3) is 1.00. The van der Waals surface area contributed by atoms with Crippen molar-refractivity contribution in [2.24, 2.45) is 5.18 Å². The first kappa shape index (κ1) is 6.33. The first-order valence-electron chi connectivity index (χ1n) is 1.77. The Morgan fingerprint density at radius 2 is 2.50 bits per heavy atom. The molecule has 0 bridgehead atoms. The molecule has 0 spiro atoms. The molecule has 0 aliphatic heterocycles. The van der Waals surface area contributed by atoms with Gasteiger partial charge in [-0.25, -0.2) is 0 Å². The molecule has 0 rings (SSSR count). The largest absolute Gasteiger partial charge is 0.150 e. The van der Waals surface area contributed by atoms with E-state index in [1.54, 1.807) is 0 Å². The predicted octanol–water partition coefficient (Wildman–Crippen LogP) is 1.92. The molecule has 0 aromatic rings. The summed E-state index contributed by atoms with van der Waals surface area (Å²) in [4.78, 5) is 9.48. The molecule has 0 aliphatic rings. The molecular formula is C3H6INO. The van der Waals surface area contributed by atoms with Crippen molar-refractivity contribution < 1.29 is 0 Å². The van der Waals surface area contributed by atoms with Gasteiger partial charge in [0.15, 0.2) is 0 Å². The van der Waals surface area contributed by atoms with Gasteiger partial charge in [-0.3, -0.25) is 0 Å². The number of hydrogen-bond donors (Lipinski definition) is 0. The maximum Gasteiger partial charge on any atom is 0.143 e. The summed E-state index contributed by atoms with van der Waals surface area (Å²) < 4.78 is -0.0254. The van der Waals surface area contributed by atoms with Crippen LogP contribution in [0.4, 0.5) is 0 Å². The number of rotatable bonds is 2. The molecule has 0 aliphatic carbocycles. The minimum atomic E-state index is -0.0254. The highest BCUT2D eigenvalue weighted by atomic mass is 127. The van der Waals surface area contributed by atoms with Gasteiger partial charge in [-0.05, 0) is 6.42 Å². The van der Waals surface area contributed by atoms with E-state index in [1.165, 1.54) is 0 Å². The quantitative estimate of drug-likeness (QED) is 0.289. The molecule has 0 amide bonds. The number of hydrogen-bond acceptors (Lipinski definition) is 2. The first-order chi connectivity index (χ1) is 2.81. The summed E-state index contributed by atoms with van der Waals surface area (Å²) in [6, 6.07) is 0. The summed E-state index contributed by atoms with van der Waals surface area (Å²) in [5.74, 6) is 0. The van der Waals surface area contributed by atoms with E-state index in [-0.39, 0.29) is 4.05 Å². The van der Waals surface area contributed by atoms with Crippen LogP contribution < -0.4 is 0 Å². The summed E-state index contributed by atoms with van der Waals surface area (Å²) in [5, 5.41) is 2.74. The topological polar surface area (TPSA) is 29.4 Å². The van der Waals surface area contributed by atoms with Gasteiger partial charge < -0.3 is 0 Å². The van der Waals surface area contributed by atoms with E-state index in [1.807, 2.05) is 29.5 Å². The van der Waals surface area contributed by atoms with E-state index < -0.39 is 0 Å². The van der Waals surface area contributed by atoms with Crippen molar-refractivity contribution in [3.63, 3.8) is 0 Å². The molecule has 3 heteroatoms. The molecule has 0 saturated carbocycles. The zero-order valence-corrected chi connectivity index (χ0v) is 5.68. The Balaban J connectivity index is 2.96. The number of halogens is 1. The second-order valence-electron chi connectivity index (χ2n) is 0.948. The van der Waals surface area contributed by atoms with Gasteiger partial charge in [-0.2, -0.15) is 0 Å². The number of nitroso groups, excluding NO2 is 1. The van der Waals surface area contributed by atoms with Gasteiger partial charge in [0, 0.05) is 0 Å². The molecule has 0 saturated heterocycles. The molecule has 0 aromatic heterocycles. The third kappa shape index (κ3) is 2.56. The van der Waals surface area contributed by atoms with E-state index >= 15 is 0 Å². The SMILES string of the molecule is CCC(I)N=O. The second-order valence-corrected chi connectivity index (χ2v) is 2.39. The van der Waals surface area contributed by atoms with Crippen LogP contribution in [0.1, 0.15) is 13.3 Å². The zero-order chi connectivity index (χ0) is 4.99. The molecule has 1 unspecified atom stereocenters. The normalized spacial score (nSPS) is 13.7. The predicted molar refractivity (Wildman–Crippen MR) is 33.9 cm³/mol. The highest BCUT2D eigenvalue weighted by Crippen LogP contribution is 2.03. The number of nitrogens with zero attached hydrogens (tertiary/aromatic N) is 1. The van der Waals surface area contributed by atoms with Gasteiger partial charge in [-0.1, -0.05) is 34.7 Å². The van der Waals surface area contributed by atoms with E-state index in [4.69, 9.17) is 0 Å². The minimum absolute atomic E-state index is 0.0254. The molecule has 0 radical (unpaired) electrons. The smallest absolute Gasteiger partial charge is 0.143 e. The standard InChI is InChI=1S/C3H6INO/c1-2-3(4)5-6/h3H,2H2,1H3. The van der Waals surface area contributed by atoms with Crippen LogP contribution in [0.3, 0.4) is 0 Å². The Bertz CT molecular complexity index is 48.1. The average molecular weight is 199 g/mol. The van der Waals surface area contributed by atoms with Crippen LogP contribution in [0.25, 0.3) is 0 Å².